The second-order valence-corrected chi connectivity index (χ2v) is 13.3. The molecule has 2 unspecified atom stereocenters. The van der Waals surface area contributed by atoms with Gasteiger partial charge in [-0.1, -0.05) is 17.7 Å². The minimum absolute atomic E-state index is 0.0348. The Balaban J connectivity index is 1.18. The first-order chi connectivity index (χ1) is 19.6. The summed E-state index contributed by atoms with van der Waals surface area (Å²) in [5.74, 6) is 1.63. The molecule has 4 heterocycles. The number of hydrogen-bond donors (Lipinski definition) is 1. The normalized spacial score (nSPS) is 22.2. The summed E-state index contributed by atoms with van der Waals surface area (Å²) in [5, 5.41) is 5.53. The number of halogens is 1. The fourth-order valence-corrected chi connectivity index (χ4v) is 6.84. The van der Waals surface area contributed by atoms with Gasteiger partial charge in [0.25, 0.3) is 5.91 Å². The van der Waals surface area contributed by atoms with Gasteiger partial charge in [-0.25, -0.2) is 9.78 Å². The number of alkyl carbamates (subject to hydrolysis) is 1. The minimum Gasteiger partial charge on any atom is -0.454 e. The summed E-state index contributed by atoms with van der Waals surface area (Å²) in [7, 11) is 0. The summed E-state index contributed by atoms with van der Waals surface area (Å²) >= 11 is 6.27. The second kappa shape index (κ2) is 9.51. The SMILES string of the molecule is Cc1c(-c2cc3ccc(Cl)nc3n2CC2CC2)oc2cc(C(=O)N3CC4CCC3[C@@H]4NC(=O)OC(C)(C)C)ccc12. The molecule has 2 amide bonds. The van der Waals surface area contributed by atoms with Gasteiger partial charge in [-0.05, 0) is 95.5 Å². The molecule has 41 heavy (non-hydrogen) atoms. The van der Waals surface area contributed by atoms with E-state index in [9.17, 15) is 9.59 Å². The van der Waals surface area contributed by atoms with E-state index in [1.54, 1.807) is 0 Å². The Labute approximate surface area is 244 Å². The van der Waals surface area contributed by atoms with Gasteiger partial charge in [0, 0.05) is 35.0 Å². The lowest BCUT2D eigenvalue weighted by molar-refractivity contribution is 0.0485. The molecule has 2 saturated carbocycles. The molecule has 0 radical (unpaired) electrons. The Bertz CT molecular complexity index is 1700. The first kappa shape index (κ1) is 26.4. The van der Waals surface area contributed by atoms with Gasteiger partial charge in [-0.15, -0.1) is 0 Å². The standard InChI is InChI=1S/C32H35ClN4O4/c1-17-22-10-7-20(30(38)37-16-21-8-11-23(37)27(21)35-31(39)41-32(2,3)4)14-25(22)40-28(17)24-13-19-9-12-26(33)34-29(19)36(24)15-18-5-6-18/h7,9-10,12-14,18,21,23,27H,5-6,8,11,15-16H2,1-4H3,(H,35,39)/t21?,23?,27-/m1/s1. The van der Waals surface area contributed by atoms with E-state index < -0.39 is 11.7 Å². The van der Waals surface area contributed by atoms with Gasteiger partial charge < -0.3 is 23.9 Å². The van der Waals surface area contributed by atoms with Crippen molar-refractivity contribution in [2.45, 2.75) is 77.6 Å². The fourth-order valence-electron chi connectivity index (χ4n) is 6.70. The number of piperidine rings is 1. The highest BCUT2D eigenvalue weighted by Gasteiger charge is 2.49. The number of nitrogens with zero attached hydrogens (tertiary/aromatic N) is 3. The second-order valence-electron chi connectivity index (χ2n) is 12.9. The van der Waals surface area contributed by atoms with Crippen LogP contribution in [0.4, 0.5) is 4.79 Å². The van der Waals surface area contributed by atoms with Crippen LogP contribution in [0.3, 0.4) is 0 Å². The molecule has 3 atom stereocenters. The van der Waals surface area contributed by atoms with E-state index in [1.165, 1.54) is 12.8 Å². The van der Waals surface area contributed by atoms with Crippen LogP contribution >= 0.6 is 11.6 Å². The van der Waals surface area contributed by atoms with Crippen molar-refractivity contribution in [3.63, 3.8) is 0 Å². The molecule has 3 aliphatic rings. The molecule has 3 fully saturated rings. The molecular formula is C32H35ClN4O4. The van der Waals surface area contributed by atoms with E-state index in [0.29, 0.717) is 28.8 Å². The molecule has 214 valence electrons. The molecule has 1 saturated heterocycles. The first-order valence-electron chi connectivity index (χ1n) is 14.6. The summed E-state index contributed by atoms with van der Waals surface area (Å²) in [6.07, 6.45) is 3.87. The van der Waals surface area contributed by atoms with Crippen molar-refractivity contribution in [1.82, 2.24) is 19.8 Å². The number of carbonyl (C=O) groups is 2. The number of likely N-dealkylation sites (tertiary alicyclic amines) is 1. The van der Waals surface area contributed by atoms with Gasteiger partial charge in [-0.2, -0.15) is 0 Å². The summed E-state index contributed by atoms with van der Waals surface area (Å²) in [5.41, 5.74) is 3.60. The van der Waals surface area contributed by atoms with Gasteiger partial charge in [-0.3, -0.25) is 4.79 Å². The number of pyridine rings is 1. The van der Waals surface area contributed by atoms with Crippen LogP contribution in [0.15, 0.2) is 40.8 Å². The third-order valence-corrected chi connectivity index (χ3v) is 9.01. The third-order valence-electron chi connectivity index (χ3n) is 8.80. The van der Waals surface area contributed by atoms with Crippen molar-refractivity contribution in [2.75, 3.05) is 6.54 Å². The average molecular weight is 575 g/mol. The maximum Gasteiger partial charge on any atom is 0.407 e. The maximum absolute atomic E-state index is 13.7. The largest absolute Gasteiger partial charge is 0.454 e. The number of carbonyl (C=O) groups excluding carboxylic acids is 2. The zero-order valence-corrected chi connectivity index (χ0v) is 24.6. The molecule has 8 nitrogen and oxygen atoms in total. The average Bonchev–Trinajstić information content (AvgIpc) is 3.28. The van der Waals surface area contributed by atoms with E-state index in [-0.39, 0.29) is 23.9 Å². The van der Waals surface area contributed by atoms with Crippen molar-refractivity contribution in [2.24, 2.45) is 11.8 Å². The van der Waals surface area contributed by atoms with Gasteiger partial charge >= 0.3 is 6.09 Å². The number of aryl methyl sites for hydroxylation is 1. The lowest BCUT2D eigenvalue weighted by atomic mass is 10.1. The monoisotopic (exact) mass is 574 g/mol. The maximum atomic E-state index is 13.7. The van der Waals surface area contributed by atoms with Crippen molar-refractivity contribution in [3.8, 4) is 11.5 Å². The highest BCUT2D eigenvalue weighted by molar-refractivity contribution is 6.29. The first-order valence-corrected chi connectivity index (χ1v) is 14.9. The van der Waals surface area contributed by atoms with Crippen LogP contribution < -0.4 is 5.32 Å². The Morgan fingerprint density at radius 1 is 1.12 bits per heavy atom. The third kappa shape index (κ3) is 4.76. The van der Waals surface area contributed by atoms with Crippen LogP contribution in [-0.2, 0) is 11.3 Å². The van der Waals surface area contributed by atoms with Crippen LogP contribution in [0.5, 0.6) is 0 Å². The summed E-state index contributed by atoms with van der Waals surface area (Å²) < 4.78 is 14.2. The summed E-state index contributed by atoms with van der Waals surface area (Å²) in [6.45, 7) is 9.12. The molecule has 4 aromatic rings. The zero-order valence-electron chi connectivity index (χ0n) is 23.9. The molecule has 2 aliphatic carbocycles. The molecule has 1 N–H and O–H groups in total. The number of amides is 2. The van der Waals surface area contributed by atoms with Crippen molar-refractivity contribution >= 4 is 45.6 Å². The Morgan fingerprint density at radius 2 is 1.93 bits per heavy atom. The van der Waals surface area contributed by atoms with Crippen LogP contribution in [0.25, 0.3) is 33.5 Å². The fraction of sp³-hybridized carbons (Fsp3) is 0.469. The van der Waals surface area contributed by atoms with E-state index in [4.69, 9.17) is 20.8 Å². The van der Waals surface area contributed by atoms with E-state index >= 15 is 0 Å². The zero-order chi connectivity index (χ0) is 28.6. The highest BCUT2D eigenvalue weighted by atomic mass is 35.5. The quantitative estimate of drug-likeness (QED) is 0.261. The summed E-state index contributed by atoms with van der Waals surface area (Å²) in [4.78, 5) is 32.8. The predicted molar refractivity (Wildman–Crippen MR) is 158 cm³/mol. The number of fused-ring (bicyclic) bond motifs is 4. The molecule has 7 rings (SSSR count). The number of benzene rings is 1. The van der Waals surface area contributed by atoms with Gasteiger partial charge in [0.15, 0.2) is 5.76 Å². The van der Waals surface area contributed by atoms with Gasteiger partial charge in [0.05, 0.1) is 17.8 Å². The Hall–Kier alpha value is -3.52. The molecule has 9 heteroatoms. The summed E-state index contributed by atoms with van der Waals surface area (Å²) in [6, 6.07) is 11.5. The number of nitrogens with one attached hydrogen (secondary N) is 1. The number of ether oxygens (including phenoxy) is 1. The smallest absolute Gasteiger partial charge is 0.407 e. The van der Waals surface area contributed by atoms with Crippen LogP contribution in [0.2, 0.25) is 5.15 Å². The number of aromatic nitrogens is 2. The van der Waals surface area contributed by atoms with Gasteiger partial charge in [0.1, 0.15) is 22.0 Å². The topological polar surface area (TPSA) is 89.6 Å². The Morgan fingerprint density at radius 3 is 2.68 bits per heavy atom. The molecular weight excluding hydrogens is 540 g/mol. The van der Waals surface area contributed by atoms with Crippen LogP contribution in [0.1, 0.15) is 62.4 Å². The van der Waals surface area contributed by atoms with E-state index in [1.807, 2.05) is 56.0 Å². The van der Waals surface area contributed by atoms with Crippen LogP contribution in [0, 0.1) is 18.8 Å². The number of hydrogen-bond acceptors (Lipinski definition) is 5. The van der Waals surface area contributed by atoms with E-state index in [0.717, 1.165) is 52.8 Å². The molecule has 3 aromatic heterocycles. The van der Waals surface area contributed by atoms with Crippen LogP contribution in [-0.4, -0.2) is 50.7 Å². The molecule has 0 spiro atoms. The molecule has 1 aliphatic heterocycles. The molecule has 2 bridgehead atoms. The minimum atomic E-state index is -0.567. The number of furan rings is 1. The lowest BCUT2D eigenvalue weighted by Gasteiger charge is -2.28. The lowest BCUT2D eigenvalue weighted by Crippen LogP contribution is -2.46. The van der Waals surface area contributed by atoms with Crippen molar-refractivity contribution in [1.29, 1.82) is 0 Å². The molecule has 1 aromatic carbocycles. The highest BCUT2D eigenvalue weighted by Crippen LogP contribution is 2.41. The van der Waals surface area contributed by atoms with Crippen molar-refractivity contribution < 1.29 is 18.7 Å². The van der Waals surface area contributed by atoms with Gasteiger partial charge in [0.2, 0.25) is 0 Å². The van der Waals surface area contributed by atoms with E-state index in [2.05, 4.69) is 27.9 Å². The number of rotatable bonds is 5. The predicted octanol–water partition coefficient (Wildman–Crippen LogP) is 6.95. The Kier molecular flexibility index (Phi) is 6.12. The van der Waals surface area contributed by atoms with Crippen molar-refractivity contribution in [3.05, 3.63) is 52.7 Å².